The average Bonchev–Trinajstić information content (AvgIpc) is 3.06. The van der Waals surface area contributed by atoms with Crippen molar-refractivity contribution in [3.05, 3.63) is 113 Å². The predicted octanol–water partition coefficient (Wildman–Crippen LogP) is 4.59. The van der Waals surface area contributed by atoms with Gasteiger partial charge in [0.25, 0.3) is 36.3 Å². The lowest BCUT2D eigenvalue weighted by atomic mass is 9.92. The summed E-state index contributed by atoms with van der Waals surface area (Å²) < 4.78 is 99.4. The molecular weight excluding hydrogens is 745 g/mol. The fourth-order valence-electron chi connectivity index (χ4n) is 4.64. The van der Waals surface area contributed by atoms with Crippen LogP contribution in [0.1, 0.15) is 33.2 Å². The molecule has 0 spiro atoms. The highest BCUT2D eigenvalue weighted by molar-refractivity contribution is 7.91. The van der Waals surface area contributed by atoms with Crippen LogP contribution in [0.3, 0.4) is 0 Å². The molecule has 0 aromatic heterocycles. The molecule has 5 rings (SSSR count). The minimum atomic E-state index is -5.13. The van der Waals surface area contributed by atoms with Crippen molar-refractivity contribution in [1.82, 2.24) is 0 Å². The summed E-state index contributed by atoms with van der Waals surface area (Å²) in [6.07, 6.45) is 0.535. The van der Waals surface area contributed by atoms with Crippen LogP contribution in [0, 0.1) is 0 Å². The third kappa shape index (κ3) is 8.84. The first kappa shape index (κ1) is 37.3. The number of hydrazone groups is 1. The lowest BCUT2D eigenvalue weighted by Gasteiger charge is -2.21. The van der Waals surface area contributed by atoms with Gasteiger partial charge in [-0.15, -0.1) is 0 Å². The van der Waals surface area contributed by atoms with Crippen LogP contribution in [0.5, 0.6) is 0 Å². The van der Waals surface area contributed by atoms with Crippen LogP contribution in [-0.2, 0) is 35.1 Å². The number of nitrogens with one attached hydrogen (secondary N) is 3. The first-order valence-electron chi connectivity index (χ1n) is 14.3. The quantitative estimate of drug-likeness (QED) is 0.0732. The zero-order chi connectivity index (χ0) is 38.0. The monoisotopic (exact) mass is 768 g/mol. The molecule has 52 heavy (non-hydrogen) atoms. The number of allylic oxidation sites excluding steroid dienone is 2. The van der Waals surface area contributed by atoms with Crippen molar-refractivity contribution in [2.75, 3.05) is 16.1 Å². The number of carbonyl (C=O) groups is 3. The number of ketones is 1. The lowest BCUT2D eigenvalue weighted by Crippen LogP contribution is -2.26. The van der Waals surface area contributed by atoms with Crippen molar-refractivity contribution in [3.8, 4) is 0 Å². The van der Waals surface area contributed by atoms with Gasteiger partial charge in [-0.1, -0.05) is 0 Å². The summed E-state index contributed by atoms with van der Waals surface area (Å²) in [5, 5.41) is 16.9. The van der Waals surface area contributed by atoms with E-state index in [1.165, 1.54) is 48.5 Å². The SMILES string of the molecule is CC(=O)Nc1cc(S(=O)(=O)O)cc2c1C(=O)C=C(S(=O)(=O)O)/C2=N/Nc1ccc(C(=O)Nc2ccc(N=Nc3ccc(S(=O)(=O)O)cc3)cc2)cc1. The highest BCUT2D eigenvalue weighted by atomic mass is 32.2. The maximum absolute atomic E-state index is 12.9. The third-order valence-corrected chi connectivity index (χ3v) is 9.55. The number of anilines is 3. The third-order valence-electron chi connectivity index (χ3n) is 6.98. The van der Waals surface area contributed by atoms with Crippen molar-refractivity contribution in [3.63, 3.8) is 0 Å². The molecule has 268 valence electrons. The van der Waals surface area contributed by atoms with Crippen LogP contribution in [0.15, 0.2) is 121 Å². The lowest BCUT2D eigenvalue weighted by molar-refractivity contribution is -0.114. The number of hydrogen-bond acceptors (Lipinski definition) is 13. The molecule has 2 amide bonds. The van der Waals surface area contributed by atoms with Gasteiger partial charge in [0.15, 0.2) is 5.78 Å². The largest absolute Gasteiger partial charge is 0.326 e. The molecular formula is C31H24N6O12S3. The van der Waals surface area contributed by atoms with E-state index in [1.807, 2.05) is 0 Å². The fraction of sp³-hybridized carbons (Fsp3) is 0.0323. The van der Waals surface area contributed by atoms with Crippen LogP contribution in [-0.4, -0.2) is 62.2 Å². The number of azo groups is 1. The number of benzene rings is 4. The van der Waals surface area contributed by atoms with E-state index >= 15 is 0 Å². The van der Waals surface area contributed by atoms with E-state index in [-0.39, 0.29) is 27.4 Å². The Labute approximate surface area is 295 Å². The number of hydrogen-bond donors (Lipinski definition) is 6. The molecule has 1 aliphatic carbocycles. The molecule has 0 saturated carbocycles. The van der Waals surface area contributed by atoms with E-state index in [2.05, 4.69) is 31.4 Å². The van der Waals surface area contributed by atoms with Crippen LogP contribution in [0.2, 0.25) is 0 Å². The van der Waals surface area contributed by atoms with Gasteiger partial charge in [0.2, 0.25) is 5.91 Å². The van der Waals surface area contributed by atoms with Crippen molar-refractivity contribution in [1.29, 1.82) is 0 Å². The Kier molecular flexibility index (Phi) is 10.3. The van der Waals surface area contributed by atoms with Gasteiger partial charge >= 0.3 is 0 Å². The second-order valence-corrected chi connectivity index (χ2v) is 15.0. The molecule has 0 radical (unpaired) electrons. The number of nitrogens with zero attached hydrogens (tertiary/aromatic N) is 3. The van der Waals surface area contributed by atoms with Gasteiger partial charge in [0.1, 0.15) is 10.6 Å². The number of carbonyl (C=O) groups excluding carboxylic acids is 3. The Morgan fingerprint density at radius 2 is 1.19 bits per heavy atom. The minimum Gasteiger partial charge on any atom is -0.326 e. The van der Waals surface area contributed by atoms with Crippen LogP contribution in [0.25, 0.3) is 0 Å². The van der Waals surface area contributed by atoms with E-state index in [1.54, 1.807) is 24.3 Å². The smallest absolute Gasteiger partial charge is 0.296 e. The second kappa shape index (κ2) is 14.3. The van der Waals surface area contributed by atoms with Gasteiger partial charge in [-0.3, -0.25) is 33.5 Å². The molecule has 0 aliphatic heterocycles. The predicted molar refractivity (Wildman–Crippen MR) is 186 cm³/mol. The van der Waals surface area contributed by atoms with E-state index in [0.717, 1.165) is 19.1 Å². The van der Waals surface area contributed by atoms with Crippen molar-refractivity contribution in [2.24, 2.45) is 15.3 Å². The summed E-state index contributed by atoms with van der Waals surface area (Å²) in [7, 11) is -14.4. The molecule has 4 aromatic rings. The van der Waals surface area contributed by atoms with Crippen molar-refractivity contribution in [2.45, 2.75) is 16.7 Å². The molecule has 0 atom stereocenters. The topological polar surface area (TPSA) is 287 Å². The molecule has 4 aromatic carbocycles. The molecule has 0 fully saturated rings. The van der Waals surface area contributed by atoms with Crippen LogP contribution < -0.4 is 16.1 Å². The normalized spacial score (nSPS) is 14.1. The summed E-state index contributed by atoms with van der Waals surface area (Å²) in [6.45, 7) is 1.06. The standard InChI is InChI=1S/C31H24N6O12S3/c1-17(38)32-26-15-24(51(44,45)46)14-25-29(26)27(39)16-28(52(47,48)49)30(25)37-36-20-4-2-18(3-5-20)31(40)33-19-6-8-21(9-7-19)34-35-22-10-12-23(13-11-22)50(41,42)43/h2-16,36H,1H3,(H,32,38)(H,33,40)(H,41,42,43)(H,44,45,46)(H,47,48,49)/b35-34?,37-30+. The van der Waals surface area contributed by atoms with Crippen LogP contribution >= 0.6 is 0 Å². The van der Waals surface area contributed by atoms with Crippen molar-refractivity contribution >= 4 is 82.1 Å². The molecule has 18 nitrogen and oxygen atoms in total. The molecule has 0 heterocycles. The Morgan fingerprint density at radius 1 is 0.654 bits per heavy atom. The number of rotatable bonds is 10. The highest BCUT2D eigenvalue weighted by Gasteiger charge is 2.34. The number of fused-ring (bicyclic) bond motifs is 1. The first-order chi connectivity index (χ1) is 24.3. The van der Waals surface area contributed by atoms with Crippen LogP contribution in [0.4, 0.5) is 28.4 Å². The molecule has 21 heteroatoms. The van der Waals surface area contributed by atoms with E-state index in [9.17, 15) is 48.7 Å². The van der Waals surface area contributed by atoms with Gasteiger partial charge in [-0.05, 0) is 84.9 Å². The molecule has 1 aliphatic rings. The van der Waals surface area contributed by atoms with Gasteiger partial charge in [-0.2, -0.15) is 40.6 Å². The summed E-state index contributed by atoms with van der Waals surface area (Å²) in [5.41, 5.74) is 2.17. The maximum Gasteiger partial charge on any atom is 0.296 e. The second-order valence-electron chi connectivity index (χ2n) is 10.7. The molecule has 0 saturated heterocycles. The number of amides is 2. The summed E-state index contributed by atoms with van der Waals surface area (Å²) >= 11 is 0. The zero-order valence-corrected chi connectivity index (χ0v) is 28.7. The minimum absolute atomic E-state index is 0.174. The van der Waals surface area contributed by atoms with E-state index in [0.29, 0.717) is 23.1 Å². The summed E-state index contributed by atoms with van der Waals surface area (Å²) in [6, 6.07) is 18.4. The summed E-state index contributed by atoms with van der Waals surface area (Å²) in [4.78, 5) is 35.5. The van der Waals surface area contributed by atoms with E-state index in [4.69, 9.17) is 4.55 Å². The molecule has 0 unspecified atom stereocenters. The average molecular weight is 769 g/mol. The first-order valence-corrected chi connectivity index (χ1v) is 18.6. The Bertz CT molecular complexity index is 2550. The van der Waals surface area contributed by atoms with Gasteiger partial charge in [0.05, 0.1) is 38.1 Å². The van der Waals surface area contributed by atoms with Crippen molar-refractivity contribution < 1.29 is 53.3 Å². The fourth-order valence-corrected chi connectivity index (χ4v) is 6.31. The van der Waals surface area contributed by atoms with Gasteiger partial charge < -0.3 is 10.6 Å². The highest BCUT2D eigenvalue weighted by Crippen LogP contribution is 2.33. The summed E-state index contributed by atoms with van der Waals surface area (Å²) in [5.74, 6) is -2.27. The Hall–Kier alpha value is -5.97. The Balaban J connectivity index is 1.34. The zero-order valence-electron chi connectivity index (χ0n) is 26.2. The van der Waals surface area contributed by atoms with Gasteiger partial charge in [-0.25, -0.2) is 0 Å². The Morgan fingerprint density at radius 3 is 1.71 bits per heavy atom. The molecule has 6 N–H and O–H groups in total. The van der Waals surface area contributed by atoms with Gasteiger partial charge in [0, 0.05) is 29.8 Å². The van der Waals surface area contributed by atoms with E-state index < -0.39 is 69.0 Å². The molecule has 0 bridgehead atoms. The maximum atomic E-state index is 12.9.